The number of ether oxygens (including phenoxy) is 1. The number of benzene rings is 1. The average Bonchev–Trinajstić information content (AvgIpc) is 2.58. The Morgan fingerprint density at radius 3 is 2.12 bits per heavy atom. The molecule has 4 heteroatoms. The molecule has 1 aliphatic heterocycles. The molecule has 0 unspecified atom stereocenters. The van der Waals surface area contributed by atoms with Crippen molar-refractivity contribution in [3.8, 4) is 0 Å². The molecule has 1 aromatic carbocycles. The van der Waals surface area contributed by atoms with Crippen LogP contribution >= 0.6 is 0 Å². The molecule has 146 valence electrons. The summed E-state index contributed by atoms with van der Waals surface area (Å²) in [4.78, 5) is 17.5. The van der Waals surface area contributed by atoms with Gasteiger partial charge in [-0.1, -0.05) is 51.1 Å². The van der Waals surface area contributed by atoms with Crippen LogP contribution in [-0.4, -0.2) is 55.0 Å². The number of esters is 1. The van der Waals surface area contributed by atoms with E-state index in [0.29, 0.717) is 12.0 Å². The van der Waals surface area contributed by atoms with Gasteiger partial charge in [-0.25, -0.2) is 0 Å². The van der Waals surface area contributed by atoms with Gasteiger partial charge in [-0.3, -0.25) is 4.79 Å². The number of carbonyl (C=O) groups is 1. The van der Waals surface area contributed by atoms with E-state index in [1.165, 1.54) is 0 Å². The van der Waals surface area contributed by atoms with Crippen LogP contribution < -0.4 is 0 Å². The van der Waals surface area contributed by atoms with Gasteiger partial charge in [-0.15, -0.1) is 0 Å². The minimum atomic E-state index is -0.447. The van der Waals surface area contributed by atoms with Crippen molar-refractivity contribution >= 4 is 5.97 Å². The summed E-state index contributed by atoms with van der Waals surface area (Å²) in [5.74, 6) is -0.104. The van der Waals surface area contributed by atoms with E-state index in [4.69, 9.17) is 4.74 Å². The smallest absolute Gasteiger partial charge is 0.311 e. The van der Waals surface area contributed by atoms with E-state index in [0.717, 1.165) is 51.3 Å². The molecule has 1 heterocycles. The quantitative estimate of drug-likeness (QED) is 0.692. The molecule has 0 bridgehead atoms. The first kappa shape index (κ1) is 20.9. The van der Waals surface area contributed by atoms with Crippen molar-refractivity contribution in [2.45, 2.75) is 47.6 Å². The van der Waals surface area contributed by atoms with Gasteiger partial charge < -0.3 is 14.5 Å². The van der Waals surface area contributed by atoms with E-state index in [9.17, 15) is 4.79 Å². The lowest BCUT2D eigenvalue weighted by Crippen LogP contribution is -2.49. The van der Waals surface area contributed by atoms with Crippen LogP contribution in [0.25, 0.3) is 0 Å². The molecule has 2 rings (SSSR count). The minimum Gasteiger partial charge on any atom is -0.460 e. The van der Waals surface area contributed by atoms with Gasteiger partial charge in [0.25, 0.3) is 0 Å². The third kappa shape index (κ3) is 7.08. The highest BCUT2D eigenvalue weighted by Gasteiger charge is 2.30. The molecule has 0 atom stereocenters. The summed E-state index contributed by atoms with van der Waals surface area (Å²) in [7, 11) is 0. The zero-order valence-electron chi connectivity index (χ0n) is 17.3. The summed E-state index contributed by atoms with van der Waals surface area (Å²) in [6.45, 7) is 17.8. The second-order valence-electron chi connectivity index (χ2n) is 9.37. The van der Waals surface area contributed by atoms with Crippen LogP contribution in [0.4, 0.5) is 0 Å². The van der Waals surface area contributed by atoms with Gasteiger partial charge in [0.2, 0.25) is 0 Å². The molecule has 1 aromatic rings. The normalized spacial score (nSPS) is 17.3. The first-order valence-electron chi connectivity index (χ1n) is 9.82. The Balaban J connectivity index is 1.71. The monoisotopic (exact) mass is 360 g/mol. The Hall–Kier alpha value is -1.39. The maximum atomic E-state index is 12.5. The van der Waals surface area contributed by atoms with Crippen molar-refractivity contribution in [2.75, 3.05) is 39.3 Å². The summed E-state index contributed by atoms with van der Waals surface area (Å²) in [6, 6.07) is 9.87. The fourth-order valence-corrected chi connectivity index (χ4v) is 3.30. The maximum absolute atomic E-state index is 12.5. The molecule has 0 aliphatic carbocycles. The van der Waals surface area contributed by atoms with Gasteiger partial charge in [0.1, 0.15) is 6.61 Å². The van der Waals surface area contributed by atoms with Crippen LogP contribution in [-0.2, 0) is 16.1 Å². The molecular formula is C22H36N2O2. The highest BCUT2D eigenvalue weighted by atomic mass is 16.5. The average molecular weight is 361 g/mol. The molecule has 1 aliphatic rings. The Morgan fingerprint density at radius 1 is 0.962 bits per heavy atom. The van der Waals surface area contributed by atoms with Crippen molar-refractivity contribution in [3.05, 3.63) is 35.9 Å². The summed E-state index contributed by atoms with van der Waals surface area (Å²) < 4.78 is 5.54. The standard InChI is InChI=1S/C22H36N2O2/c1-21(2,3)18-24-15-13-23(14-16-24)12-11-22(4,5)20(25)26-17-19-9-7-6-8-10-19/h6-10H,11-18H2,1-5H3. The zero-order valence-corrected chi connectivity index (χ0v) is 17.3. The second kappa shape index (κ2) is 9.01. The Morgan fingerprint density at radius 2 is 1.54 bits per heavy atom. The van der Waals surface area contributed by atoms with Crippen molar-refractivity contribution in [1.29, 1.82) is 0 Å². The summed E-state index contributed by atoms with van der Waals surface area (Å²) in [5, 5.41) is 0. The fourth-order valence-electron chi connectivity index (χ4n) is 3.30. The zero-order chi connectivity index (χ0) is 19.2. The topological polar surface area (TPSA) is 32.8 Å². The van der Waals surface area contributed by atoms with Crippen molar-refractivity contribution in [2.24, 2.45) is 10.8 Å². The molecule has 1 saturated heterocycles. The molecule has 4 nitrogen and oxygen atoms in total. The molecule has 0 N–H and O–H groups in total. The van der Waals surface area contributed by atoms with Gasteiger partial charge in [-0.2, -0.15) is 0 Å². The van der Waals surface area contributed by atoms with E-state index in [-0.39, 0.29) is 5.97 Å². The summed E-state index contributed by atoms with van der Waals surface area (Å²) in [5.41, 5.74) is 0.941. The lowest BCUT2D eigenvalue weighted by molar-refractivity contribution is -0.156. The number of hydrogen-bond acceptors (Lipinski definition) is 4. The van der Waals surface area contributed by atoms with Gasteiger partial charge in [0, 0.05) is 32.7 Å². The predicted octanol–water partition coefficient (Wildman–Crippen LogP) is 3.81. The van der Waals surface area contributed by atoms with Crippen molar-refractivity contribution in [1.82, 2.24) is 9.80 Å². The number of piperazine rings is 1. The van der Waals surface area contributed by atoms with Gasteiger partial charge >= 0.3 is 5.97 Å². The molecule has 0 aromatic heterocycles. The predicted molar refractivity (Wildman–Crippen MR) is 107 cm³/mol. The maximum Gasteiger partial charge on any atom is 0.311 e. The second-order valence-corrected chi connectivity index (χ2v) is 9.37. The highest BCUT2D eigenvalue weighted by Crippen LogP contribution is 2.24. The number of rotatable bonds is 7. The van der Waals surface area contributed by atoms with E-state index >= 15 is 0 Å². The number of carbonyl (C=O) groups excluding carboxylic acids is 1. The van der Waals surface area contributed by atoms with Crippen LogP contribution in [0.15, 0.2) is 30.3 Å². The first-order valence-corrected chi connectivity index (χ1v) is 9.82. The number of hydrogen-bond donors (Lipinski definition) is 0. The van der Waals surface area contributed by atoms with Gasteiger partial charge in [0.05, 0.1) is 5.41 Å². The number of nitrogens with zero attached hydrogens (tertiary/aromatic N) is 2. The van der Waals surface area contributed by atoms with E-state index < -0.39 is 5.41 Å². The molecule has 26 heavy (non-hydrogen) atoms. The Labute approximate surface area is 159 Å². The first-order chi connectivity index (χ1) is 12.2. The van der Waals surface area contributed by atoms with Crippen LogP contribution in [0.1, 0.15) is 46.6 Å². The highest BCUT2D eigenvalue weighted by molar-refractivity contribution is 5.75. The lowest BCUT2D eigenvalue weighted by Gasteiger charge is -2.38. The Kier molecular flexibility index (Phi) is 7.24. The third-order valence-corrected chi connectivity index (χ3v) is 4.98. The Bertz CT molecular complexity index is 555. The molecular weight excluding hydrogens is 324 g/mol. The van der Waals surface area contributed by atoms with Crippen molar-refractivity contribution < 1.29 is 9.53 Å². The van der Waals surface area contributed by atoms with Crippen LogP contribution in [0.3, 0.4) is 0 Å². The van der Waals surface area contributed by atoms with Gasteiger partial charge in [-0.05, 0) is 37.8 Å². The van der Waals surface area contributed by atoms with E-state index in [1.807, 2.05) is 44.2 Å². The molecule has 0 radical (unpaired) electrons. The summed E-state index contributed by atoms with van der Waals surface area (Å²) >= 11 is 0. The van der Waals surface area contributed by atoms with Gasteiger partial charge in [0.15, 0.2) is 0 Å². The van der Waals surface area contributed by atoms with Crippen LogP contribution in [0.2, 0.25) is 0 Å². The van der Waals surface area contributed by atoms with E-state index in [1.54, 1.807) is 0 Å². The largest absolute Gasteiger partial charge is 0.460 e. The summed E-state index contributed by atoms with van der Waals surface area (Å²) in [6.07, 6.45) is 0.833. The molecule has 0 saturated carbocycles. The fraction of sp³-hybridized carbons (Fsp3) is 0.682. The van der Waals surface area contributed by atoms with Crippen LogP contribution in [0.5, 0.6) is 0 Å². The van der Waals surface area contributed by atoms with E-state index in [2.05, 4.69) is 30.6 Å². The lowest BCUT2D eigenvalue weighted by atomic mass is 9.89. The van der Waals surface area contributed by atoms with Crippen molar-refractivity contribution in [3.63, 3.8) is 0 Å². The third-order valence-electron chi connectivity index (χ3n) is 4.98. The molecule has 0 amide bonds. The molecule has 1 fully saturated rings. The van der Waals surface area contributed by atoms with Crippen LogP contribution in [0, 0.1) is 10.8 Å². The minimum absolute atomic E-state index is 0.104. The molecule has 0 spiro atoms. The SMILES string of the molecule is CC(C)(C)CN1CCN(CCC(C)(C)C(=O)OCc2ccccc2)CC1.